The SMILES string of the molecule is CCc1cccc2c(Br)c(C(C)NC)n(C)c12. The Morgan fingerprint density at radius 1 is 1.41 bits per heavy atom. The third-order valence-corrected chi connectivity index (χ3v) is 4.34. The van der Waals surface area contributed by atoms with Crippen molar-refractivity contribution in [3.63, 3.8) is 0 Å². The van der Waals surface area contributed by atoms with Gasteiger partial charge in [0.15, 0.2) is 0 Å². The molecule has 2 nitrogen and oxygen atoms in total. The molecule has 1 atom stereocenters. The van der Waals surface area contributed by atoms with E-state index in [0.717, 1.165) is 6.42 Å². The summed E-state index contributed by atoms with van der Waals surface area (Å²) in [6.07, 6.45) is 1.06. The maximum atomic E-state index is 3.75. The van der Waals surface area contributed by atoms with Crippen molar-refractivity contribution in [1.29, 1.82) is 0 Å². The van der Waals surface area contributed by atoms with Crippen LogP contribution in [0.3, 0.4) is 0 Å². The summed E-state index contributed by atoms with van der Waals surface area (Å²) in [5.41, 5.74) is 4.06. The van der Waals surface area contributed by atoms with E-state index in [2.05, 4.69) is 64.9 Å². The molecule has 0 amide bonds. The summed E-state index contributed by atoms with van der Waals surface area (Å²) in [6.45, 7) is 4.39. The predicted molar refractivity (Wildman–Crippen MR) is 77.5 cm³/mol. The summed E-state index contributed by atoms with van der Waals surface area (Å²) < 4.78 is 3.52. The van der Waals surface area contributed by atoms with Crippen LogP contribution in [0.5, 0.6) is 0 Å². The van der Waals surface area contributed by atoms with Crippen molar-refractivity contribution in [3.8, 4) is 0 Å². The fourth-order valence-corrected chi connectivity index (χ4v) is 3.40. The zero-order valence-corrected chi connectivity index (χ0v) is 12.4. The molecule has 92 valence electrons. The Morgan fingerprint density at radius 2 is 2.12 bits per heavy atom. The molecule has 0 radical (unpaired) electrons. The van der Waals surface area contributed by atoms with Crippen LogP contribution >= 0.6 is 15.9 Å². The third-order valence-electron chi connectivity index (χ3n) is 3.50. The number of benzene rings is 1. The molecule has 17 heavy (non-hydrogen) atoms. The summed E-state index contributed by atoms with van der Waals surface area (Å²) in [6, 6.07) is 6.87. The van der Waals surface area contributed by atoms with Crippen LogP contribution in [0.2, 0.25) is 0 Å². The van der Waals surface area contributed by atoms with Crippen LogP contribution in [0.1, 0.15) is 31.1 Å². The molecule has 0 aliphatic rings. The standard InChI is InChI=1S/C14H19BrN2/c1-5-10-7-6-8-11-12(15)13(9(2)16-3)17(4)14(10)11/h6-9,16H,5H2,1-4H3. The van der Waals surface area contributed by atoms with E-state index >= 15 is 0 Å². The minimum Gasteiger partial charge on any atom is -0.345 e. The van der Waals surface area contributed by atoms with Gasteiger partial charge in [0.2, 0.25) is 0 Å². The van der Waals surface area contributed by atoms with Gasteiger partial charge in [0, 0.05) is 28.6 Å². The highest BCUT2D eigenvalue weighted by Gasteiger charge is 2.18. The highest BCUT2D eigenvalue weighted by Crippen LogP contribution is 2.35. The molecular formula is C14H19BrN2. The molecule has 0 saturated carbocycles. The van der Waals surface area contributed by atoms with Crippen molar-refractivity contribution in [2.75, 3.05) is 7.05 Å². The van der Waals surface area contributed by atoms with E-state index in [1.165, 1.54) is 26.6 Å². The lowest BCUT2D eigenvalue weighted by molar-refractivity contribution is 0.606. The maximum Gasteiger partial charge on any atom is 0.0524 e. The average molecular weight is 295 g/mol. The summed E-state index contributed by atoms with van der Waals surface area (Å²) in [5, 5.41) is 4.62. The lowest BCUT2D eigenvalue weighted by Gasteiger charge is -2.13. The molecule has 1 unspecified atom stereocenters. The van der Waals surface area contributed by atoms with Crippen molar-refractivity contribution in [1.82, 2.24) is 9.88 Å². The van der Waals surface area contributed by atoms with Gasteiger partial charge >= 0.3 is 0 Å². The number of fused-ring (bicyclic) bond motifs is 1. The first kappa shape index (κ1) is 12.7. The molecule has 1 aromatic heterocycles. The second-order valence-electron chi connectivity index (χ2n) is 4.44. The minimum absolute atomic E-state index is 0.339. The number of rotatable bonds is 3. The zero-order chi connectivity index (χ0) is 12.6. The molecular weight excluding hydrogens is 276 g/mol. The second kappa shape index (κ2) is 4.83. The highest BCUT2D eigenvalue weighted by molar-refractivity contribution is 9.10. The van der Waals surface area contributed by atoms with Crippen molar-refractivity contribution in [2.24, 2.45) is 7.05 Å². The summed E-state index contributed by atoms with van der Waals surface area (Å²) in [4.78, 5) is 0. The van der Waals surface area contributed by atoms with E-state index < -0.39 is 0 Å². The van der Waals surface area contributed by atoms with Gasteiger partial charge in [0.25, 0.3) is 0 Å². The lowest BCUT2D eigenvalue weighted by Crippen LogP contribution is -2.16. The first-order valence-electron chi connectivity index (χ1n) is 6.04. The van der Waals surface area contributed by atoms with Crippen LogP contribution in [0, 0.1) is 0 Å². The molecule has 1 N–H and O–H groups in total. The first-order valence-corrected chi connectivity index (χ1v) is 6.84. The van der Waals surface area contributed by atoms with Crippen molar-refractivity contribution in [3.05, 3.63) is 33.9 Å². The van der Waals surface area contributed by atoms with Crippen molar-refractivity contribution in [2.45, 2.75) is 26.3 Å². The molecule has 0 bridgehead atoms. The smallest absolute Gasteiger partial charge is 0.0524 e. The van der Waals surface area contributed by atoms with Crippen LogP contribution in [0.15, 0.2) is 22.7 Å². The fourth-order valence-electron chi connectivity index (χ4n) is 2.47. The predicted octanol–water partition coefficient (Wildman–Crippen LogP) is 3.78. The molecule has 3 heteroatoms. The third kappa shape index (κ3) is 1.91. The molecule has 2 rings (SSSR count). The topological polar surface area (TPSA) is 17.0 Å². The lowest BCUT2D eigenvalue weighted by atomic mass is 10.1. The molecule has 1 heterocycles. The number of aromatic nitrogens is 1. The van der Waals surface area contributed by atoms with Gasteiger partial charge in [-0.05, 0) is 41.9 Å². The van der Waals surface area contributed by atoms with Gasteiger partial charge < -0.3 is 9.88 Å². The van der Waals surface area contributed by atoms with Crippen LogP contribution in [0.4, 0.5) is 0 Å². The van der Waals surface area contributed by atoms with Gasteiger partial charge in [0.05, 0.1) is 5.52 Å². The van der Waals surface area contributed by atoms with E-state index in [1.807, 2.05) is 7.05 Å². The first-order chi connectivity index (χ1) is 8.11. The minimum atomic E-state index is 0.339. The van der Waals surface area contributed by atoms with E-state index in [4.69, 9.17) is 0 Å². The number of nitrogens with one attached hydrogen (secondary N) is 1. The van der Waals surface area contributed by atoms with Gasteiger partial charge in [-0.25, -0.2) is 0 Å². The number of nitrogens with zero attached hydrogens (tertiary/aromatic N) is 1. The molecule has 1 aromatic carbocycles. The van der Waals surface area contributed by atoms with Crippen molar-refractivity contribution >= 4 is 26.8 Å². The van der Waals surface area contributed by atoms with Gasteiger partial charge in [0.1, 0.15) is 0 Å². The summed E-state index contributed by atoms with van der Waals surface area (Å²) >= 11 is 3.75. The molecule has 0 saturated heterocycles. The Labute approximate surface area is 111 Å². The monoisotopic (exact) mass is 294 g/mol. The fraction of sp³-hybridized carbons (Fsp3) is 0.429. The van der Waals surface area contributed by atoms with Crippen LogP contribution in [-0.2, 0) is 13.5 Å². The molecule has 0 aliphatic heterocycles. The summed E-state index contributed by atoms with van der Waals surface area (Å²) in [5.74, 6) is 0. The number of halogens is 1. The Balaban J connectivity index is 2.80. The zero-order valence-electron chi connectivity index (χ0n) is 10.8. The number of hydrogen-bond acceptors (Lipinski definition) is 1. The van der Waals surface area contributed by atoms with Gasteiger partial charge in [-0.15, -0.1) is 0 Å². The maximum absolute atomic E-state index is 3.75. The molecule has 0 fully saturated rings. The quantitative estimate of drug-likeness (QED) is 0.911. The Kier molecular flexibility index (Phi) is 3.59. The van der Waals surface area contributed by atoms with Gasteiger partial charge in [-0.1, -0.05) is 25.1 Å². The molecule has 0 aliphatic carbocycles. The number of para-hydroxylation sites is 1. The van der Waals surface area contributed by atoms with E-state index in [0.29, 0.717) is 6.04 Å². The van der Waals surface area contributed by atoms with Gasteiger partial charge in [-0.2, -0.15) is 0 Å². The largest absolute Gasteiger partial charge is 0.345 e. The van der Waals surface area contributed by atoms with Crippen LogP contribution in [0.25, 0.3) is 10.9 Å². The Morgan fingerprint density at radius 3 is 2.71 bits per heavy atom. The Bertz CT molecular complexity index is 543. The van der Waals surface area contributed by atoms with E-state index in [-0.39, 0.29) is 0 Å². The Hall–Kier alpha value is -0.800. The van der Waals surface area contributed by atoms with Crippen LogP contribution in [-0.4, -0.2) is 11.6 Å². The molecule has 2 aromatic rings. The second-order valence-corrected chi connectivity index (χ2v) is 5.23. The van der Waals surface area contributed by atoms with Crippen LogP contribution < -0.4 is 5.32 Å². The van der Waals surface area contributed by atoms with E-state index in [9.17, 15) is 0 Å². The van der Waals surface area contributed by atoms with E-state index in [1.54, 1.807) is 0 Å². The number of aryl methyl sites for hydroxylation is 2. The number of hydrogen-bond donors (Lipinski definition) is 1. The molecule has 0 spiro atoms. The highest BCUT2D eigenvalue weighted by atomic mass is 79.9. The normalized spacial score (nSPS) is 13.2. The van der Waals surface area contributed by atoms with Crippen molar-refractivity contribution < 1.29 is 0 Å². The summed E-state index contributed by atoms with van der Waals surface area (Å²) in [7, 11) is 4.14. The average Bonchev–Trinajstić information content (AvgIpc) is 2.61. The van der Waals surface area contributed by atoms with Gasteiger partial charge in [-0.3, -0.25) is 0 Å².